The van der Waals surface area contributed by atoms with Crippen molar-refractivity contribution in [3.8, 4) is 11.5 Å². The van der Waals surface area contributed by atoms with Crippen LogP contribution < -0.4 is 4.90 Å². The molecule has 0 atom stereocenters. The number of fused-ring (bicyclic) bond motifs is 1. The molecule has 1 aliphatic heterocycles. The van der Waals surface area contributed by atoms with Crippen LogP contribution in [0.15, 0.2) is 40.8 Å². The molecule has 130 valence electrons. The Kier molecular flexibility index (Phi) is 3.85. The molecule has 0 N–H and O–H groups in total. The maximum atomic E-state index is 12.5. The monoisotopic (exact) mass is 367 g/mol. The third-order valence-corrected chi connectivity index (χ3v) is 4.72. The number of nitrogens with zero attached hydrogens (tertiary/aromatic N) is 3. The van der Waals surface area contributed by atoms with Crippen molar-refractivity contribution in [2.45, 2.75) is 20.4 Å². The first-order valence-electron chi connectivity index (χ1n) is 8.01. The Balaban J connectivity index is 1.70. The van der Waals surface area contributed by atoms with E-state index in [9.17, 15) is 9.59 Å². The predicted octanol–water partition coefficient (Wildman–Crippen LogP) is 3.74. The number of hydrogen-bond acceptors (Lipinski definition) is 5. The molecule has 1 aliphatic rings. The van der Waals surface area contributed by atoms with Crippen molar-refractivity contribution in [1.82, 2.24) is 10.2 Å². The topological polar surface area (TPSA) is 76.3 Å². The second kappa shape index (κ2) is 6.07. The largest absolute Gasteiger partial charge is 0.419 e. The molecule has 3 aromatic rings. The van der Waals surface area contributed by atoms with E-state index in [4.69, 9.17) is 16.0 Å². The lowest BCUT2D eigenvalue weighted by atomic mass is 10.0. The summed E-state index contributed by atoms with van der Waals surface area (Å²) in [5.74, 6) is -0.596. The van der Waals surface area contributed by atoms with Gasteiger partial charge < -0.3 is 4.42 Å². The summed E-state index contributed by atoms with van der Waals surface area (Å²) in [6, 6.07) is 10.8. The molecule has 0 saturated heterocycles. The summed E-state index contributed by atoms with van der Waals surface area (Å²) in [4.78, 5) is 26.2. The molecule has 0 unspecified atom stereocenters. The van der Waals surface area contributed by atoms with Crippen LogP contribution in [0.1, 0.15) is 27.4 Å². The first-order chi connectivity index (χ1) is 12.5. The lowest BCUT2D eigenvalue weighted by Crippen LogP contribution is -2.29. The van der Waals surface area contributed by atoms with E-state index < -0.39 is 11.7 Å². The van der Waals surface area contributed by atoms with Crippen molar-refractivity contribution < 1.29 is 14.0 Å². The van der Waals surface area contributed by atoms with Crippen LogP contribution in [-0.4, -0.2) is 21.9 Å². The first-order valence-corrected chi connectivity index (χ1v) is 8.39. The predicted molar refractivity (Wildman–Crippen MR) is 96.2 cm³/mol. The summed E-state index contributed by atoms with van der Waals surface area (Å²) in [5, 5.41) is 8.50. The number of anilines is 1. The van der Waals surface area contributed by atoms with Gasteiger partial charge in [0, 0.05) is 0 Å². The Morgan fingerprint density at radius 1 is 1.04 bits per heavy atom. The molecule has 26 heavy (non-hydrogen) atoms. The number of aromatic nitrogens is 2. The number of rotatable bonds is 3. The molecule has 0 radical (unpaired) electrons. The number of carbonyl (C=O) groups excluding carboxylic acids is 2. The molecule has 6 nitrogen and oxygen atoms in total. The Hall–Kier alpha value is -2.99. The number of hydrogen-bond donors (Lipinski definition) is 0. The zero-order valence-electron chi connectivity index (χ0n) is 14.1. The van der Waals surface area contributed by atoms with Gasteiger partial charge in [0.2, 0.25) is 11.8 Å². The summed E-state index contributed by atoms with van der Waals surface area (Å²) < 4.78 is 5.67. The van der Waals surface area contributed by atoms with Crippen LogP contribution in [-0.2, 0) is 11.3 Å². The Morgan fingerprint density at radius 2 is 1.77 bits per heavy atom. The van der Waals surface area contributed by atoms with Crippen molar-refractivity contribution in [3.63, 3.8) is 0 Å². The van der Waals surface area contributed by atoms with Gasteiger partial charge >= 0.3 is 0 Å². The summed E-state index contributed by atoms with van der Waals surface area (Å²) in [6.45, 7) is 3.70. The molecule has 0 spiro atoms. The first kappa shape index (κ1) is 16.5. The molecule has 0 saturated carbocycles. The highest BCUT2D eigenvalue weighted by Gasteiger charge is 2.39. The molecule has 0 aliphatic carbocycles. The smallest absolute Gasteiger partial charge is 0.299 e. The second-order valence-corrected chi connectivity index (χ2v) is 6.53. The summed E-state index contributed by atoms with van der Waals surface area (Å²) in [7, 11) is 0. The number of carbonyl (C=O) groups is 2. The van der Waals surface area contributed by atoms with E-state index in [1.54, 1.807) is 18.2 Å². The van der Waals surface area contributed by atoms with E-state index in [2.05, 4.69) is 10.2 Å². The van der Waals surface area contributed by atoms with Crippen molar-refractivity contribution in [2.75, 3.05) is 4.90 Å². The van der Waals surface area contributed by atoms with Crippen molar-refractivity contribution >= 4 is 29.0 Å². The van der Waals surface area contributed by atoms with Gasteiger partial charge in [0.1, 0.15) is 6.54 Å². The molecule has 0 bridgehead atoms. The average Bonchev–Trinajstić information content (AvgIpc) is 3.18. The fourth-order valence-corrected chi connectivity index (χ4v) is 3.33. The minimum atomic E-state index is -0.588. The van der Waals surface area contributed by atoms with Crippen molar-refractivity contribution in [3.05, 3.63) is 64.0 Å². The fourth-order valence-electron chi connectivity index (χ4n) is 3.11. The minimum Gasteiger partial charge on any atom is -0.419 e. The number of aryl methyl sites for hydroxylation is 2. The number of ketones is 1. The highest BCUT2D eigenvalue weighted by molar-refractivity contribution is 6.52. The molecule has 4 rings (SSSR count). The lowest BCUT2D eigenvalue weighted by Gasteiger charge is -2.16. The summed E-state index contributed by atoms with van der Waals surface area (Å²) in [5.41, 5.74) is 3.28. The minimum absolute atomic E-state index is 0.0271. The van der Waals surface area contributed by atoms with Gasteiger partial charge in [-0.3, -0.25) is 14.5 Å². The van der Waals surface area contributed by atoms with E-state index >= 15 is 0 Å². The lowest BCUT2D eigenvalue weighted by molar-refractivity contribution is -0.114. The highest BCUT2D eigenvalue weighted by Crippen LogP contribution is 2.36. The van der Waals surface area contributed by atoms with Gasteiger partial charge in [0.05, 0.1) is 21.8 Å². The van der Waals surface area contributed by atoms with E-state index in [1.165, 1.54) is 4.90 Å². The molecular formula is C19H14ClN3O3. The standard InChI is InChI=1S/C19H14ClN3O3/c1-10-7-8-11(2)16-15(10)17(24)19(25)23(16)9-14-21-22-18(26-14)12-5-3-4-6-13(12)20/h3-8H,9H2,1-2H3. The van der Waals surface area contributed by atoms with E-state index in [1.807, 2.05) is 32.0 Å². The Labute approximate surface area is 154 Å². The van der Waals surface area contributed by atoms with Crippen LogP contribution in [0.2, 0.25) is 5.02 Å². The second-order valence-electron chi connectivity index (χ2n) is 6.12. The van der Waals surface area contributed by atoms with Gasteiger partial charge in [-0.2, -0.15) is 0 Å². The van der Waals surface area contributed by atoms with E-state index in [-0.39, 0.29) is 18.3 Å². The molecular weight excluding hydrogens is 354 g/mol. The van der Waals surface area contributed by atoms with E-state index in [0.717, 1.165) is 11.1 Å². The molecule has 2 heterocycles. The Morgan fingerprint density at radius 3 is 2.54 bits per heavy atom. The quantitative estimate of drug-likeness (QED) is 0.659. The molecule has 7 heteroatoms. The van der Waals surface area contributed by atoms with Gasteiger partial charge in [-0.25, -0.2) is 0 Å². The molecule has 0 fully saturated rings. The number of halogens is 1. The summed E-state index contributed by atoms with van der Waals surface area (Å²) >= 11 is 6.15. The van der Waals surface area contributed by atoms with Crippen LogP contribution >= 0.6 is 11.6 Å². The van der Waals surface area contributed by atoms with Gasteiger partial charge in [-0.1, -0.05) is 35.9 Å². The number of amides is 1. The zero-order chi connectivity index (χ0) is 18.4. The molecule has 2 aromatic carbocycles. The number of benzene rings is 2. The third-order valence-electron chi connectivity index (χ3n) is 4.39. The third kappa shape index (κ3) is 2.50. The van der Waals surface area contributed by atoms with Crippen LogP contribution in [0.25, 0.3) is 11.5 Å². The number of Topliss-reactive ketones (excluding diaryl/α,β-unsaturated/α-hetero) is 1. The average molecular weight is 368 g/mol. The molecule has 1 aromatic heterocycles. The van der Waals surface area contributed by atoms with Crippen LogP contribution in [0.3, 0.4) is 0 Å². The normalized spacial score (nSPS) is 13.4. The Bertz CT molecular complexity index is 1060. The zero-order valence-corrected chi connectivity index (χ0v) is 14.9. The van der Waals surface area contributed by atoms with Gasteiger partial charge in [-0.15, -0.1) is 10.2 Å². The summed E-state index contributed by atoms with van der Waals surface area (Å²) in [6.07, 6.45) is 0. The van der Waals surface area contributed by atoms with Crippen LogP contribution in [0.5, 0.6) is 0 Å². The SMILES string of the molecule is Cc1ccc(C)c2c1C(=O)C(=O)N2Cc1nnc(-c2ccccc2Cl)o1. The van der Waals surface area contributed by atoms with Crippen LogP contribution in [0, 0.1) is 13.8 Å². The molecule has 1 amide bonds. The fraction of sp³-hybridized carbons (Fsp3) is 0.158. The van der Waals surface area contributed by atoms with E-state index in [0.29, 0.717) is 21.8 Å². The van der Waals surface area contributed by atoms with Crippen molar-refractivity contribution in [2.24, 2.45) is 0 Å². The van der Waals surface area contributed by atoms with Gasteiger partial charge in [-0.05, 0) is 37.1 Å². The van der Waals surface area contributed by atoms with Gasteiger partial charge in [0.15, 0.2) is 0 Å². The highest BCUT2D eigenvalue weighted by atomic mass is 35.5. The van der Waals surface area contributed by atoms with Crippen molar-refractivity contribution in [1.29, 1.82) is 0 Å². The maximum absolute atomic E-state index is 12.5. The van der Waals surface area contributed by atoms with Gasteiger partial charge in [0.25, 0.3) is 11.7 Å². The van der Waals surface area contributed by atoms with Crippen LogP contribution in [0.4, 0.5) is 5.69 Å². The maximum Gasteiger partial charge on any atom is 0.299 e.